The van der Waals surface area contributed by atoms with Gasteiger partial charge in [-0.05, 0) is 23.6 Å². The van der Waals surface area contributed by atoms with E-state index in [0.717, 1.165) is 11.6 Å². The van der Waals surface area contributed by atoms with E-state index in [0.29, 0.717) is 18.6 Å². The van der Waals surface area contributed by atoms with Crippen molar-refractivity contribution in [3.05, 3.63) is 53.6 Å². The lowest BCUT2D eigenvalue weighted by Crippen LogP contribution is -2.08. The summed E-state index contributed by atoms with van der Waals surface area (Å²) in [7, 11) is 0. The maximum Gasteiger partial charge on any atom is 0.306 e. The maximum atomic E-state index is 11.7. The second-order valence-electron chi connectivity index (χ2n) is 4.93. The molecule has 2 aromatic rings. The molecular weight excluding hydrogens is 284 g/mol. The van der Waals surface area contributed by atoms with Crippen LogP contribution in [0.4, 0.5) is 0 Å². The predicted octanol–water partition coefficient (Wildman–Crippen LogP) is 2.52. The van der Waals surface area contributed by atoms with Crippen LogP contribution in [0.2, 0.25) is 0 Å². The summed E-state index contributed by atoms with van der Waals surface area (Å²) in [6, 6.07) is 12.0. The number of hydrogen-bond donors (Lipinski definition) is 3. The second-order valence-corrected chi connectivity index (χ2v) is 4.93. The van der Waals surface area contributed by atoms with Crippen molar-refractivity contribution in [1.29, 1.82) is 0 Å². The zero-order chi connectivity index (χ0) is 15.9. The van der Waals surface area contributed by atoms with Crippen LogP contribution in [0.5, 0.6) is 17.2 Å². The highest BCUT2D eigenvalue weighted by atomic mass is 16.5. The zero-order valence-corrected chi connectivity index (χ0v) is 12.0. The minimum atomic E-state index is -0.397. The van der Waals surface area contributed by atoms with Gasteiger partial charge in [0.2, 0.25) is 0 Å². The number of aromatic hydroxyl groups is 3. The molecule has 2 rings (SSSR count). The lowest BCUT2D eigenvalue weighted by atomic mass is 10.1. The molecule has 0 radical (unpaired) electrons. The Morgan fingerprint density at radius 1 is 0.909 bits per heavy atom. The third kappa shape index (κ3) is 4.41. The van der Waals surface area contributed by atoms with Gasteiger partial charge >= 0.3 is 5.97 Å². The van der Waals surface area contributed by atoms with E-state index in [1.165, 1.54) is 6.07 Å². The first kappa shape index (κ1) is 15.7. The predicted molar refractivity (Wildman–Crippen MR) is 80.9 cm³/mol. The third-order valence-corrected chi connectivity index (χ3v) is 3.27. The highest BCUT2D eigenvalue weighted by Gasteiger charge is 2.10. The molecule has 0 atom stereocenters. The van der Waals surface area contributed by atoms with Gasteiger partial charge in [0.05, 0.1) is 6.61 Å². The Bertz CT molecular complexity index is 637. The minimum Gasteiger partial charge on any atom is -0.508 e. The van der Waals surface area contributed by atoms with E-state index in [1.807, 2.05) is 30.3 Å². The lowest BCUT2D eigenvalue weighted by molar-refractivity contribution is -0.143. The van der Waals surface area contributed by atoms with Crippen LogP contribution in [0.3, 0.4) is 0 Å². The summed E-state index contributed by atoms with van der Waals surface area (Å²) >= 11 is 0. The lowest BCUT2D eigenvalue weighted by Gasteiger charge is -2.07. The quantitative estimate of drug-likeness (QED) is 0.433. The van der Waals surface area contributed by atoms with E-state index in [4.69, 9.17) is 4.74 Å². The monoisotopic (exact) mass is 302 g/mol. The number of rotatable bonds is 6. The topological polar surface area (TPSA) is 87.0 Å². The van der Waals surface area contributed by atoms with Gasteiger partial charge in [0, 0.05) is 18.9 Å². The summed E-state index contributed by atoms with van der Waals surface area (Å²) in [5.41, 5.74) is 1.48. The number of phenols is 3. The number of carbonyl (C=O) groups excluding carboxylic acids is 1. The normalized spacial score (nSPS) is 10.4. The van der Waals surface area contributed by atoms with E-state index in [9.17, 15) is 20.1 Å². The van der Waals surface area contributed by atoms with Crippen LogP contribution in [0, 0.1) is 0 Å². The first-order valence-electron chi connectivity index (χ1n) is 6.99. The number of aryl methyl sites for hydroxylation is 1. The molecule has 0 aliphatic heterocycles. The highest BCUT2D eigenvalue weighted by molar-refractivity contribution is 5.70. The number of esters is 1. The molecule has 0 bridgehead atoms. The molecule has 0 unspecified atom stereocenters. The molecule has 0 saturated carbocycles. The molecule has 2 aromatic carbocycles. The fourth-order valence-corrected chi connectivity index (χ4v) is 2.05. The van der Waals surface area contributed by atoms with Gasteiger partial charge in [-0.2, -0.15) is 0 Å². The van der Waals surface area contributed by atoms with E-state index < -0.39 is 5.75 Å². The molecule has 5 heteroatoms. The first-order valence-corrected chi connectivity index (χ1v) is 6.99. The van der Waals surface area contributed by atoms with Crippen LogP contribution in [0.1, 0.15) is 17.5 Å². The molecule has 0 saturated heterocycles. The fraction of sp³-hybridized carbons (Fsp3) is 0.235. The molecule has 22 heavy (non-hydrogen) atoms. The molecular formula is C17H18O5. The Kier molecular flexibility index (Phi) is 5.25. The number of phenolic OH excluding ortho intramolecular Hbond substituents is 3. The number of hydrogen-bond acceptors (Lipinski definition) is 5. The molecule has 0 amide bonds. The van der Waals surface area contributed by atoms with E-state index >= 15 is 0 Å². The Hall–Kier alpha value is -2.69. The van der Waals surface area contributed by atoms with Crippen LogP contribution < -0.4 is 0 Å². The maximum absolute atomic E-state index is 11.7. The highest BCUT2D eigenvalue weighted by Crippen LogP contribution is 2.32. The standard InChI is InChI=1S/C17H18O5/c18-14-11-16(20)15(19)10-13(14)6-7-17(21)22-9-8-12-4-2-1-3-5-12/h1-5,10-11,18-20H,6-9H2. The fourth-order valence-electron chi connectivity index (χ4n) is 2.05. The third-order valence-electron chi connectivity index (χ3n) is 3.27. The zero-order valence-electron chi connectivity index (χ0n) is 12.0. The minimum absolute atomic E-state index is 0.0898. The van der Waals surface area contributed by atoms with Gasteiger partial charge in [-0.3, -0.25) is 4.79 Å². The Morgan fingerprint density at radius 3 is 2.32 bits per heavy atom. The Labute approximate surface area is 128 Å². The SMILES string of the molecule is O=C(CCc1cc(O)c(O)cc1O)OCCc1ccccc1. The van der Waals surface area contributed by atoms with Crippen LogP contribution >= 0.6 is 0 Å². The molecule has 0 fully saturated rings. The number of ether oxygens (including phenoxy) is 1. The van der Waals surface area contributed by atoms with Crippen molar-refractivity contribution in [2.45, 2.75) is 19.3 Å². The van der Waals surface area contributed by atoms with Crippen LogP contribution in [0.15, 0.2) is 42.5 Å². The van der Waals surface area contributed by atoms with Crippen molar-refractivity contribution in [3.63, 3.8) is 0 Å². The van der Waals surface area contributed by atoms with Gasteiger partial charge in [0.25, 0.3) is 0 Å². The van der Waals surface area contributed by atoms with Crippen LogP contribution in [0.25, 0.3) is 0 Å². The Morgan fingerprint density at radius 2 is 1.59 bits per heavy atom. The Balaban J connectivity index is 1.77. The molecule has 0 spiro atoms. The molecule has 0 heterocycles. The average Bonchev–Trinajstić information content (AvgIpc) is 2.50. The van der Waals surface area contributed by atoms with Crippen molar-refractivity contribution in [2.24, 2.45) is 0 Å². The molecule has 3 N–H and O–H groups in total. The molecule has 5 nitrogen and oxygen atoms in total. The van der Waals surface area contributed by atoms with E-state index in [-0.39, 0.29) is 30.3 Å². The van der Waals surface area contributed by atoms with Gasteiger partial charge in [0.15, 0.2) is 11.5 Å². The van der Waals surface area contributed by atoms with Crippen LogP contribution in [-0.2, 0) is 22.4 Å². The van der Waals surface area contributed by atoms with Crippen molar-refractivity contribution >= 4 is 5.97 Å². The molecule has 116 valence electrons. The van der Waals surface area contributed by atoms with E-state index in [1.54, 1.807) is 0 Å². The summed E-state index contributed by atoms with van der Waals surface area (Å²) in [6.07, 6.45) is 0.967. The summed E-state index contributed by atoms with van der Waals surface area (Å²) in [4.78, 5) is 11.7. The van der Waals surface area contributed by atoms with Gasteiger partial charge in [0.1, 0.15) is 5.75 Å². The largest absolute Gasteiger partial charge is 0.508 e. The van der Waals surface area contributed by atoms with Crippen molar-refractivity contribution in [2.75, 3.05) is 6.61 Å². The number of benzene rings is 2. The van der Waals surface area contributed by atoms with E-state index in [2.05, 4.69) is 0 Å². The van der Waals surface area contributed by atoms with Gasteiger partial charge < -0.3 is 20.1 Å². The van der Waals surface area contributed by atoms with Crippen molar-refractivity contribution < 1.29 is 24.9 Å². The van der Waals surface area contributed by atoms with Crippen molar-refractivity contribution in [1.82, 2.24) is 0 Å². The summed E-state index contributed by atoms with van der Waals surface area (Å²) in [5.74, 6) is -1.26. The molecule has 0 aromatic heterocycles. The second kappa shape index (κ2) is 7.36. The first-order chi connectivity index (χ1) is 10.6. The van der Waals surface area contributed by atoms with Gasteiger partial charge in [-0.1, -0.05) is 30.3 Å². The van der Waals surface area contributed by atoms with Gasteiger partial charge in [-0.15, -0.1) is 0 Å². The summed E-state index contributed by atoms with van der Waals surface area (Å²) in [6.45, 7) is 0.301. The smallest absolute Gasteiger partial charge is 0.306 e. The summed E-state index contributed by atoms with van der Waals surface area (Å²) in [5, 5.41) is 28.2. The summed E-state index contributed by atoms with van der Waals surface area (Å²) < 4.78 is 5.13. The van der Waals surface area contributed by atoms with Crippen molar-refractivity contribution in [3.8, 4) is 17.2 Å². The van der Waals surface area contributed by atoms with Gasteiger partial charge in [-0.25, -0.2) is 0 Å². The van der Waals surface area contributed by atoms with Crippen LogP contribution in [-0.4, -0.2) is 27.9 Å². The number of carbonyl (C=O) groups is 1. The average molecular weight is 302 g/mol. The molecule has 0 aliphatic carbocycles. The molecule has 0 aliphatic rings.